The molecule has 0 bridgehead atoms. The Labute approximate surface area is 117 Å². The third-order valence-corrected chi connectivity index (χ3v) is 2.39. The van der Waals surface area contributed by atoms with Crippen molar-refractivity contribution < 1.29 is 19.4 Å². The number of nitrogens with zero attached hydrogens (tertiary/aromatic N) is 1. The van der Waals surface area contributed by atoms with Crippen LogP contribution in [0.4, 0.5) is 0 Å². The number of carbonyl (C=O) groups is 2. The first-order valence-electron chi connectivity index (χ1n) is 6.07. The van der Waals surface area contributed by atoms with Crippen LogP contribution in [0.15, 0.2) is 30.3 Å². The topological polar surface area (TPSA) is 87.4 Å². The van der Waals surface area contributed by atoms with Crippen LogP contribution in [-0.2, 0) is 9.53 Å². The fraction of sp³-hybridized carbons (Fsp3) is 0.267. The number of carboxylic acids is 1. The SMILES string of the molecule is CC(C)COC(=O)C=C(C#N)c1ccccc1C(=O)O. The lowest BCUT2D eigenvalue weighted by Gasteiger charge is -2.06. The second-order valence-corrected chi connectivity index (χ2v) is 4.54. The number of ether oxygens (including phenoxy) is 1. The molecule has 0 fully saturated rings. The van der Waals surface area contributed by atoms with Crippen LogP contribution in [-0.4, -0.2) is 23.7 Å². The van der Waals surface area contributed by atoms with Crippen molar-refractivity contribution in [1.82, 2.24) is 0 Å². The summed E-state index contributed by atoms with van der Waals surface area (Å²) >= 11 is 0. The summed E-state index contributed by atoms with van der Waals surface area (Å²) in [4.78, 5) is 22.7. The van der Waals surface area contributed by atoms with Gasteiger partial charge in [0.05, 0.1) is 17.7 Å². The van der Waals surface area contributed by atoms with Crippen LogP contribution in [0.3, 0.4) is 0 Å². The average Bonchev–Trinajstić information content (AvgIpc) is 2.42. The predicted octanol–water partition coefficient (Wildman–Crippen LogP) is 2.49. The van der Waals surface area contributed by atoms with E-state index < -0.39 is 11.9 Å². The van der Waals surface area contributed by atoms with Gasteiger partial charge >= 0.3 is 11.9 Å². The molecule has 1 N–H and O–H groups in total. The van der Waals surface area contributed by atoms with Gasteiger partial charge in [-0.3, -0.25) is 0 Å². The highest BCUT2D eigenvalue weighted by atomic mass is 16.5. The average molecular weight is 273 g/mol. The highest BCUT2D eigenvalue weighted by molar-refractivity contribution is 6.01. The van der Waals surface area contributed by atoms with Crippen LogP contribution in [0.1, 0.15) is 29.8 Å². The first kappa shape index (κ1) is 15.4. The van der Waals surface area contributed by atoms with E-state index >= 15 is 0 Å². The van der Waals surface area contributed by atoms with E-state index in [1.807, 2.05) is 19.9 Å². The van der Waals surface area contributed by atoms with E-state index in [1.54, 1.807) is 12.1 Å². The zero-order valence-corrected chi connectivity index (χ0v) is 11.3. The zero-order chi connectivity index (χ0) is 15.1. The summed E-state index contributed by atoms with van der Waals surface area (Å²) < 4.78 is 4.94. The van der Waals surface area contributed by atoms with Crippen molar-refractivity contribution in [2.45, 2.75) is 13.8 Å². The van der Waals surface area contributed by atoms with Gasteiger partial charge in [-0.2, -0.15) is 5.26 Å². The lowest BCUT2D eigenvalue weighted by molar-refractivity contribution is -0.138. The van der Waals surface area contributed by atoms with E-state index in [2.05, 4.69) is 0 Å². The van der Waals surface area contributed by atoms with Gasteiger partial charge in [-0.25, -0.2) is 9.59 Å². The molecule has 104 valence electrons. The number of benzene rings is 1. The smallest absolute Gasteiger partial charge is 0.336 e. The molecule has 0 aliphatic rings. The maximum Gasteiger partial charge on any atom is 0.336 e. The molecule has 0 aliphatic heterocycles. The highest BCUT2D eigenvalue weighted by Gasteiger charge is 2.14. The third kappa shape index (κ3) is 4.25. The minimum absolute atomic E-state index is 0.0306. The molecule has 0 aromatic heterocycles. The molecule has 1 aromatic rings. The molecule has 1 rings (SSSR count). The second-order valence-electron chi connectivity index (χ2n) is 4.54. The van der Waals surface area contributed by atoms with Gasteiger partial charge in [-0.1, -0.05) is 32.0 Å². The molecule has 0 spiro atoms. The van der Waals surface area contributed by atoms with E-state index in [0.29, 0.717) is 0 Å². The molecule has 1 aromatic carbocycles. The van der Waals surface area contributed by atoms with E-state index in [4.69, 9.17) is 15.1 Å². The molecule has 0 saturated carbocycles. The summed E-state index contributed by atoms with van der Waals surface area (Å²) in [5.41, 5.74) is 0.137. The summed E-state index contributed by atoms with van der Waals surface area (Å²) in [7, 11) is 0. The van der Waals surface area contributed by atoms with Crippen molar-refractivity contribution in [1.29, 1.82) is 5.26 Å². The Morgan fingerprint density at radius 2 is 1.95 bits per heavy atom. The molecule has 0 heterocycles. The molecule has 20 heavy (non-hydrogen) atoms. The van der Waals surface area contributed by atoms with Crippen molar-refractivity contribution in [3.63, 3.8) is 0 Å². The fourth-order valence-electron chi connectivity index (χ4n) is 1.48. The number of esters is 1. The molecule has 5 nitrogen and oxygen atoms in total. The minimum Gasteiger partial charge on any atom is -0.478 e. The van der Waals surface area contributed by atoms with Crippen molar-refractivity contribution in [3.05, 3.63) is 41.5 Å². The van der Waals surface area contributed by atoms with Crippen molar-refractivity contribution in [2.24, 2.45) is 5.92 Å². The summed E-state index contributed by atoms with van der Waals surface area (Å²) in [6.45, 7) is 4.03. The minimum atomic E-state index is -1.16. The Balaban J connectivity index is 3.06. The third-order valence-electron chi connectivity index (χ3n) is 2.39. The number of hydrogen-bond acceptors (Lipinski definition) is 4. The van der Waals surface area contributed by atoms with E-state index in [-0.39, 0.29) is 29.2 Å². The maximum atomic E-state index is 11.6. The van der Waals surface area contributed by atoms with Crippen LogP contribution >= 0.6 is 0 Å². The number of nitriles is 1. The van der Waals surface area contributed by atoms with E-state index in [0.717, 1.165) is 6.08 Å². The molecular formula is C15H15NO4. The quantitative estimate of drug-likeness (QED) is 0.506. The second kappa shape index (κ2) is 7.10. The summed E-state index contributed by atoms with van der Waals surface area (Å²) in [6.07, 6.45) is 1.02. The zero-order valence-electron chi connectivity index (χ0n) is 11.3. The summed E-state index contributed by atoms with van der Waals surface area (Å²) in [5.74, 6) is -1.63. The number of carboxylic acid groups (broad SMARTS) is 1. The van der Waals surface area contributed by atoms with Crippen LogP contribution in [0.2, 0.25) is 0 Å². The molecule has 0 aliphatic carbocycles. The first-order valence-corrected chi connectivity index (χ1v) is 6.07. The fourth-order valence-corrected chi connectivity index (χ4v) is 1.48. The van der Waals surface area contributed by atoms with E-state index in [1.165, 1.54) is 12.1 Å². The summed E-state index contributed by atoms with van der Waals surface area (Å²) in [5, 5.41) is 18.2. The lowest BCUT2D eigenvalue weighted by Crippen LogP contribution is -2.08. The van der Waals surface area contributed by atoms with Crippen molar-refractivity contribution in [2.75, 3.05) is 6.61 Å². The number of allylic oxidation sites excluding steroid dienone is 1. The van der Waals surface area contributed by atoms with E-state index in [9.17, 15) is 9.59 Å². The van der Waals surface area contributed by atoms with Gasteiger partial charge in [0.25, 0.3) is 0 Å². The maximum absolute atomic E-state index is 11.6. The Hall–Kier alpha value is -2.61. The largest absolute Gasteiger partial charge is 0.478 e. The molecule has 0 saturated heterocycles. The van der Waals surface area contributed by atoms with Gasteiger partial charge in [0.2, 0.25) is 0 Å². The van der Waals surface area contributed by atoms with Gasteiger partial charge < -0.3 is 9.84 Å². The van der Waals surface area contributed by atoms with Crippen molar-refractivity contribution >= 4 is 17.5 Å². The highest BCUT2D eigenvalue weighted by Crippen LogP contribution is 2.19. The number of hydrogen-bond donors (Lipinski definition) is 1. The van der Waals surface area contributed by atoms with Crippen LogP contribution in [0.5, 0.6) is 0 Å². The normalized spacial score (nSPS) is 11.0. The van der Waals surface area contributed by atoms with Crippen LogP contribution in [0, 0.1) is 17.2 Å². The molecule has 5 heteroatoms. The van der Waals surface area contributed by atoms with Crippen LogP contribution < -0.4 is 0 Å². The van der Waals surface area contributed by atoms with Gasteiger partial charge in [0.1, 0.15) is 6.07 Å². The van der Waals surface area contributed by atoms with Gasteiger partial charge in [0.15, 0.2) is 0 Å². The standard InChI is InChI=1S/C15H15NO4/c1-10(2)9-20-14(17)7-11(8-16)12-5-3-4-6-13(12)15(18)19/h3-7,10H,9H2,1-2H3,(H,18,19). The van der Waals surface area contributed by atoms with Gasteiger partial charge in [-0.15, -0.1) is 0 Å². The Morgan fingerprint density at radius 1 is 1.35 bits per heavy atom. The molecular weight excluding hydrogens is 258 g/mol. The Kier molecular flexibility index (Phi) is 5.48. The molecule has 0 amide bonds. The number of carbonyl (C=O) groups excluding carboxylic acids is 1. The molecule has 0 atom stereocenters. The Bertz CT molecular complexity index is 582. The number of aromatic carboxylic acids is 1. The van der Waals surface area contributed by atoms with Gasteiger partial charge in [0, 0.05) is 11.6 Å². The Morgan fingerprint density at radius 3 is 2.45 bits per heavy atom. The molecule has 0 radical (unpaired) electrons. The van der Waals surface area contributed by atoms with Gasteiger partial charge in [-0.05, 0) is 12.0 Å². The monoisotopic (exact) mass is 273 g/mol. The lowest BCUT2D eigenvalue weighted by atomic mass is 10.0. The summed E-state index contributed by atoms with van der Waals surface area (Å²) in [6, 6.07) is 7.84. The molecule has 0 unspecified atom stereocenters. The number of rotatable bonds is 5. The predicted molar refractivity (Wildman–Crippen MR) is 72.8 cm³/mol. The first-order chi connectivity index (χ1) is 9.45. The van der Waals surface area contributed by atoms with Crippen LogP contribution in [0.25, 0.3) is 5.57 Å². The van der Waals surface area contributed by atoms with Crippen molar-refractivity contribution in [3.8, 4) is 6.07 Å².